The summed E-state index contributed by atoms with van der Waals surface area (Å²) < 4.78 is 16.5. The van der Waals surface area contributed by atoms with Gasteiger partial charge in [-0.3, -0.25) is 0 Å². The Balaban J connectivity index is 1.54. The molecule has 0 aromatic heterocycles. The maximum absolute atomic E-state index is 5.84. The molecule has 0 bridgehead atoms. The van der Waals surface area contributed by atoms with E-state index in [4.69, 9.17) is 14.2 Å². The van der Waals surface area contributed by atoms with Gasteiger partial charge in [-0.25, -0.2) is 0 Å². The highest BCUT2D eigenvalue weighted by molar-refractivity contribution is 5.44. The van der Waals surface area contributed by atoms with E-state index in [1.165, 1.54) is 5.56 Å². The summed E-state index contributed by atoms with van der Waals surface area (Å²) in [7, 11) is 0. The molecule has 122 valence electrons. The molecule has 0 amide bonds. The fourth-order valence-electron chi connectivity index (χ4n) is 2.27. The molecule has 4 heteroatoms. The molecule has 1 heterocycles. The first-order valence-electron chi connectivity index (χ1n) is 7.85. The lowest BCUT2D eigenvalue weighted by Crippen LogP contribution is -2.34. The van der Waals surface area contributed by atoms with Crippen LogP contribution in [0.25, 0.3) is 0 Å². The van der Waals surface area contributed by atoms with E-state index in [2.05, 4.69) is 38.2 Å². The summed E-state index contributed by atoms with van der Waals surface area (Å²) in [6.07, 6.45) is 0. The van der Waals surface area contributed by atoms with E-state index in [0.29, 0.717) is 13.4 Å². The van der Waals surface area contributed by atoms with Gasteiger partial charge >= 0.3 is 0 Å². The van der Waals surface area contributed by atoms with Crippen LogP contribution in [-0.2, 0) is 13.2 Å². The lowest BCUT2D eigenvalue weighted by molar-refractivity contribution is 0.174. The number of rotatable bonds is 5. The zero-order chi connectivity index (χ0) is 16.3. The van der Waals surface area contributed by atoms with Crippen molar-refractivity contribution in [3.63, 3.8) is 0 Å². The van der Waals surface area contributed by atoms with Gasteiger partial charge in [-0.05, 0) is 56.2 Å². The summed E-state index contributed by atoms with van der Waals surface area (Å²) in [6, 6.07) is 14.1. The Morgan fingerprint density at radius 3 is 2.39 bits per heavy atom. The Morgan fingerprint density at radius 2 is 1.65 bits per heavy atom. The van der Waals surface area contributed by atoms with Crippen molar-refractivity contribution in [1.29, 1.82) is 0 Å². The van der Waals surface area contributed by atoms with E-state index in [0.717, 1.165) is 29.4 Å². The highest BCUT2D eigenvalue weighted by Crippen LogP contribution is 2.32. The topological polar surface area (TPSA) is 39.7 Å². The molecular formula is C19H23NO3. The summed E-state index contributed by atoms with van der Waals surface area (Å²) >= 11 is 0. The number of nitrogens with one attached hydrogen (secondary N) is 1. The van der Waals surface area contributed by atoms with Crippen molar-refractivity contribution in [2.45, 2.75) is 39.5 Å². The van der Waals surface area contributed by atoms with Crippen molar-refractivity contribution < 1.29 is 14.2 Å². The largest absolute Gasteiger partial charge is 0.489 e. The number of hydrogen-bond acceptors (Lipinski definition) is 4. The standard InChI is InChI=1S/C19H23NO3/c1-19(2,3)20-11-14-4-7-16(8-5-14)21-12-15-6-9-17-18(10-15)23-13-22-17/h4-10,20H,11-13H2,1-3H3. The third-order valence-corrected chi connectivity index (χ3v) is 3.59. The minimum Gasteiger partial charge on any atom is -0.489 e. The third kappa shape index (κ3) is 4.39. The van der Waals surface area contributed by atoms with Crippen molar-refractivity contribution in [2.24, 2.45) is 0 Å². The summed E-state index contributed by atoms with van der Waals surface area (Å²) in [5.41, 5.74) is 2.43. The molecule has 3 rings (SSSR count). The molecule has 0 fully saturated rings. The van der Waals surface area contributed by atoms with E-state index in [1.807, 2.05) is 30.3 Å². The van der Waals surface area contributed by atoms with Crippen LogP contribution in [0, 0.1) is 0 Å². The zero-order valence-corrected chi connectivity index (χ0v) is 13.9. The van der Waals surface area contributed by atoms with Crippen LogP contribution < -0.4 is 19.5 Å². The van der Waals surface area contributed by atoms with Gasteiger partial charge in [-0.1, -0.05) is 18.2 Å². The van der Waals surface area contributed by atoms with Crippen LogP contribution in [-0.4, -0.2) is 12.3 Å². The van der Waals surface area contributed by atoms with Crippen LogP contribution in [0.5, 0.6) is 17.2 Å². The molecule has 2 aromatic rings. The van der Waals surface area contributed by atoms with Crippen LogP contribution in [0.2, 0.25) is 0 Å². The van der Waals surface area contributed by atoms with E-state index in [9.17, 15) is 0 Å². The molecular weight excluding hydrogens is 290 g/mol. The average molecular weight is 313 g/mol. The van der Waals surface area contributed by atoms with Crippen LogP contribution in [0.4, 0.5) is 0 Å². The fraction of sp³-hybridized carbons (Fsp3) is 0.368. The summed E-state index contributed by atoms with van der Waals surface area (Å²) in [5, 5.41) is 3.47. The van der Waals surface area contributed by atoms with Crippen molar-refractivity contribution in [2.75, 3.05) is 6.79 Å². The molecule has 0 saturated carbocycles. The minimum atomic E-state index is 0.120. The van der Waals surface area contributed by atoms with E-state index in [-0.39, 0.29) is 5.54 Å². The van der Waals surface area contributed by atoms with Crippen LogP contribution in [0.3, 0.4) is 0 Å². The SMILES string of the molecule is CC(C)(C)NCc1ccc(OCc2ccc3c(c2)OCO3)cc1. The molecule has 0 saturated heterocycles. The van der Waals surface area contributed by atoms with Crippen molar-refractivity contribution >= 4 is 0 Å². The second kappa shape index (κ2) is 6.50. The Labute approximate surface area is 137 Å². The molecule has 4 nitrogen and oxygen atoms in total. The predicted octanol–water partition coefficient (Wildman–Crippen LogP) is 3.88. The lowest BCUT2D eigenvalue weighted by Gasteiger charge is -2.20. The second-order valence-corrected chi connectivity index (χ2v) is 6.72. The Hall–Kier alpha value is -2.20. The smallest absolute Gasteiger partial charge is 0.231 e. The number of benzene rings is 2. The third-order valence-electron chi connectivity index (χ3n) is 3.59. The zero-order valence-electron chi connectivity index (χ0n) is 13.9. The van der Waals surface area contributed by atoms with Gasteiger partial charge in [0.15, 0.2) is 11.5 Å². The van der Waals surface area contributed by atoms with E-state index < -0.39 is 0 Å². The van der Waals surface area contributed by atoms with E-state index >= 15 is 0 Å². The van der Waals surface area contributed by atoms with Gasteiger partial charge in [-0.15, -0.1) is 0 Å². The van der Waals surface area contributed by atoms with Gasteiger partial charge in [0.1, 0.15) is 12.4 Å². The second-order valence-electron chi connectivity index (χ2n) is 6.72. The fourth-order valence-corrected chi connectivity index (χ4v) is 2.27. The van der Waals surface area contributed by atoms with Gasteiger partial charge < -0.3 is 19.5 Å². The van der Waals surface area contributed by atoms with Gasteiger partial charge in [0.25, 0.3) is 0 Å². The number of ether oxygens (including phenoxy) is 3. The van der Waals surface area contributed by atoms with Crippen molar-refractivity contribution in [1.82, 2.24) is 5.32 Å². The summed E-state index contributed by atoms with van der Waals surface area (Å²) in [6.45, 7) is 8.15. The predicted molar refractivity (Wildman–Crippen MR) is 89.9 cm³/mol. The maximum Gasteiger partial charge on any atom is 0.231 e. The molecule has 1 aliphatic rings. The molecule has 23 heavy (non-hydrogen) atoms. The van der Waals surface area contributed by atoms with Crippen LogP contribution in [0.1, 0.15) is 31.9 Å². The Kier molecular flexibility index (Phi) is 4.44. The maximum atomic E-state index is 5.84. The average Bonchev–Trinajstić information content (AvgIpc) is 2.99. The number of fused-ring (bicyclic) bond motifs is 1. The molecule has 2 aromatic carbocycles. The first-order valence-corrected chi connectivity index (χ1v) is 7.85. The minimum absolute atomic E-state index is 0.120. The molecule has 0 radical (unpaired) electrons. The van der Waals surface area contributed by atoms with Gasteiger partial charge in [0.05, 0.1) is 0 Å². The van der Waals surface area contributed by atoms with Crippen molar-refractivity contribution in [3.05, 3.63) is 53.6 Å². The Morgan fingerprint density at radius 1 is 0.957 bits per heavy atom. The monoisotopic (exact) mass is 313 g/mol. The molecule has 1 aliphatic heterocycles. The van der Waals surface area contributed by atoms with Gasteiger partial charge in [0.2, 0.25) is 6.79 Å². The normalized spacial score (nSPS) is 13.2. The molecule has 0 aliphatic carbocycles. The Bertz CT molecular complexity index is 659. The lowest BCUT2D eigenvalue weighted by atomic mass is 10.1. The summed E-state index contributed by atoms with van der Waals surface area (Å²) in [4.78, 5) is 0. The van der Waals surface area contributed by atoms with Crippen LogP contribution >= 0.6 is 0 Å². The first kappa shape index (κ1) is 15.7. The van der Waals surface area contributed by atoms with Gasteiger partial charge in [0, 0.05) is 12.1 Å². The quantitative estimate of drug-likeness (QED) is 0.909. The van der Waals surface area contributed by atoms with Gasteiger partial charge in [-0.2, -0.15) is 0 Å². The molecule has 0 unspecified atom stereocenters. The summed E-state index contributed by atoms with van der Waals surface area (Å²) in [5.74, 6) is 2.45. The molecule has 1 N–H and O–H groups in total. The van der Waals surface area contributed by atoms with Crippen molar-refractivity contribution in [3.8, 4) is 17.2 Å². The molecule has 0 spiro atoms. The first-order chi connectivity index (χ1) is 11.0. The highest BCUT2D eigenvalue weighted by atomic mass is 16.7. The molecule has 0 atom stereocenters. The highest BCUT2D eigenvalue weighted by Gasteiger charge is 2.13. The van der Waals surface area contributed by atoms with Crippen LogP contribution in [0.15, 0.2) is 42.5 Å². The number of hydrogen-bond donors (Lipinski definition) is 1. The van der Waals surface area contributed by atoms with E-state index in [1.54, 1.807) is 0 Å².